The predicted octanol–water partition coefficient (Wildman–Crippen LogP) is 3.46. The second-order valence-electron chi connectivity index (χ2n) is 5.32. The Morgan fingerprint density at radius 2 is 1.88 bits per heavy atom. The van der Waals surface area contributed by atoms with Crippen molar-refractivity contribution in [2.75, 3.05) is 4.90 Å². The number of carbonyl (C=O) groups excluding carboxylic acids is 2. The topological polar surface area (TPSA) is 85.6 Å². The van der Waals surface area contributed by atoms with Crippen LogP contribution in [0.1, 0.15) is 6.42 Å². The molecule has 1 aliphatic heterocycles. The molecule has 1 heterocycles. The summed E-state index contributed by atoms with van der Waals surface area (Å²) in [6.45, 7) is 0. The van der Waals surface area contributed by atoms with Crippen molar-refractivity contribution >= 4 is 51.7 Å². The van der Waals surface area contributed by atoms with Gasteiger partial charge in [-0.1, -0.05) is 53.7 Å². The summed E-state index contributed by atoms with van der Waals surface area (Å²) in [7, 11) is 0. The van der Waals surface area contributed by atoms with Crippen molar-refractivity contribution in [3.05, 3.63) is 59.6 Å². The minimum Gasteiger partial charge on any atom is -0.274 e. The summed E-state index contributed by atoms with van der Waals surface area (Å²) >= 11 is 7.16. The molecule has 1 N–H and O–H groups in total. The van der Waals surface area contributed by atoms with Gasteiger partial charge >= 0.3 is 0 Å². The maximum absolute atomic E-state index is 12.7. The molecule has 0 bridgehead atoms. The van der Waals surface area contributed by atoms with Gasteiger partial charge < -0.3 is 0 Å². The summed E-state index contributed by atoms with van der Waals surface area (Å²) in [5, 5.41) is 11.3. The highest BCUT2D eigenvalue weighted by Crippen LogP contribution is 2.34. The lowest BCUT2D eigenvalue weighted by molar-refractivity contribution is -0.121. The van der Waals surface area contributed by atoms with Crippen LogP contribution in [0.5, 0.6) is 0 Å². The molecule has 0 saturated carbocycles. The molecule has 2 aromatic rings. The molecule has 3 rings (SSSR count). The summed E-state index contributed by atoms with van der Waals surface area (Å²) in [5.41, 5.74) is 1.000. The predicted molar refractivity (Wildman–Crippen MR) is 102 cm³/mol. The standard InChI is InChI=1S/C18H13ClN4O2S/c19-13-8-4-5-9-14(13)23-16(24)10-15(17(23)25)26-18(21-11-20)22-12-6-2-1-3-7-12/h1-9,15H,10H2,(H,21,22). The first kappa shape index (κ1) is 18.0. The number of nitriles is 1. The minimum absolute atomic E-state index is 0.00956. The van der Waals surface area contributed by atoms with Crippen LogP contribution in [0.2, 0.25) is 5.02 Å². The Kier molecular flexibility index (Phi) is 5.56. The molecule has 1 saturated heterocycles. The number of benzene rings is 2. The average Bonchev–Trinajstić information content (AvgIpc) is 2.90. The van der Waals surface area contributed by atoms with E-state index >= 15 is 0 Å². The van der Waals surface area contributed by atoms with E-state index in [4.69, 9.17) is 16.9 Å². The van der Waals surface area contributed by atoms with Crippen molar-refractivity contribution in [2.45, 2.75) is 11.7 Å². The maximum Gasteiger partial charge on any atom is 0.247 e. The van der Waals surface area contributed by atoms with Crippen molar-refractivity contribution in [1.82, 2.24) is 5.32 Å². The molecule has 2 aromatic carbocycles. The van der Waals surface area contributed by atoms with Gasteiger partial charge in [0.2, 0.25) is 11.8 Å². The number of hydrogen-bond donors (Lipinski definition) is 1. The van der Waals surface area contributed by atoms with Crippen LogP contribution in [-0.2, 0) is 9.59 Å². The van der Waals surface area contributed by atoms with Crippen LogP contribution in [0.15, 0.2) is 59.6 Å². The summed E-state index contributed by atoms with van der Waals surface area (Å²) in [6.07, 6.45) is 1.82. The van der Waals surface area contributed by atoms with Gasteiger partial charge in [0.1, 0.15) is 5.25 Å². The van der Waals surface area contributed by atoms with Gasteiger partial charge in [0.15, 0.2) is 11.4 Å². The molecule has 0 aromatic heterocycles. The third-order valence-electron chi connectivity index (χ3n) is 3.60. The van der Waals surface area contributed by atoms with Crippen molar-refractivity contribution in [3.63, 3.8) is 0 Å². The first-order valence-corrected chi connectivity index (χ1v) is 8.92. The van der Waals surface area contributed by atoms with E-state index in [2.05, 4.69) is 10.3 Å². The Balaban J connectivity index is 1.82. The Hall–Kier alpha value is -2.82. The molecule has 1 unspecified atom stereocenters. The van der Waals surface area contributed by atoms with Crippen LogP contribution < -0.4 is 10.2 Å². The lowest BCUT2D eigenvalue weighted by Gasteiger charge is -2.16. The summed E-state index contributed by atoms with van der Waals surface area (Å²) in [5.74, 6) is -0.717. The second kappa shape index (κ2) is 8.04. The molecule has 6 nitrogen and oxygen atoms in total. The van der Waals surface area contributed by atoms with Crippen molar-refractivity contribution in [3.8, 4) is 6.19 Å². The number of thioether (sulfide) groups is 1. The number of aliphatic imine (C=N–C) groups is 1. The normalized spacial score (nSPS) is 17.3. The zero-order chi connectivity index (χ0) is 18.5. The lowest BCUT2D eigenvalue weighted by atomic mass is 10.3. The van der Waals surface area contributed by atoms with Gasteiger partial charge in [-0.3, -0.25) is 14.9 Å². The third-order valence-corrected chi connectivity index (χ3v) is 4.99. The van der Waals surface area contributed by atoms with Crippen molar-refractivity contribution in [2.24, 2.45) is 4.99 Å². The number of hydrogen-bond acceptors (Lipinski definition) is 5. The summed E-state index contributed by atoms with van der Waals surface area (Å²) in [4.78, 5) is 30.5. The van der Waals surface area contributed by atoms with Crippen LogP contribution in [0.4, 0.5) is 11.4 Å². The van der Waals surface area contributed by atoms with Crippen molar-refractivity contribution in [1.29, 1.82) is 5.26 Å². The van der Waals surface area contributed by atoms with E-state index in [1.54, 1.807) is 36.4 Å². The molecular weight excluding hydrogens is 372 g/mol. The highest BCUT2D eigenvalue weighted by Gasteiger charge is 2.41. The number of amides is 2. The van der Waals surface area contributed by atoms with E-state index in [-0.39, 0.29) is 23.4 Å². The number of amidine groups is 1. The Morgan fingerprint density at radius 3 is 2.58 bits per heavy atom. The molecule has 8 heteroatoms. The van der Waals surface area contributed by atoms with E-state index < -0.39 is 5.25 Å². The van der Waals surface area contributed by atoms with E-state index in [9.17, 15) is 9.59 Å². The van der Waals surface area contributed by atoms with Crippen LogP contribution in [-0.4, -0.2) is 22.2 Å². The number of para-hydroxylation sites is 2. The maximum atomic E-state index is 12.7. The average molecular weight is 385 g/mol. The highest BCUT2D eigenvalue weighted by atomic mass is 35.5. The van der Waals surface area contributed by atoms with Gasteiger partial charge in [-0.15, -0.1) is 0 Å². The smallest absolute Gasteiger partial charge is 0.247 e. The quantitative estimate of drug-likeness (QED) is 0.288. The number of carbonyl (C=O) groups is 2. The van der Waals surface area contributed by atoms with Gasteiger partial charge in [0, 0.05) is 6.42 Å². The Bertz CT molecular complexity index is 911. The number of halogens is 1. The molecule has 1 atom stereocenters. The number of rotatable bonds is 3. The van der Waals surface area contributed by atoms with Crippen LogP contribution in [0.3, 0.4) is 0 Å². The molecule has 0 aliphatic carbocycles. The lowest BCUT2D eigenvalue weighted by Crippen LogP contribution is -2.32. The van der Waals surface area contributed by atoms with Gasteiger partial charge in [-0.2, -0.15) is 5.26 Å². The zero-order valence-electron chi connectivity index (χ0n) is 13.4. The number of nitrogens with one attached hydrogen (secondary N) is 1. The van der Waals surface area contributed by atoms with Crippen molar-refractivity contribution < 1.29 is 9.59 Å². The van der Waals surface area contributed by atoms with Gasteiger partial charge in [-0.05, 0) is 24.3 Å². The molecule has 1 aliphatic rings. The van der Waals surface area contributed by atoms with Gasteiger partial charge in [0.05, 0.1) is 16.4 Å². The first-order chi connectivity index (χ1) is 12.6. The van der Waals surface area contributed by atoms with Gasteiger partial charge in [-0.25, -0.2) is 9.89 Å². The van der Waals surface area contributed by atoms with Crippen LogP contribution in [0, 0.1) is 11.5 Å². The SMILES string of the molecule is N#CNC(=Nc1ccccc1)SC1CC(=O)N(c2ccccc2Cl)C1=O. The van der Waals surface area contributed by atoms with Crippen LogP contribution in [0.25, 0.3) is 0 Å². The fourth-order valence-corrected chi connectivity index (χ4v) is 3.65. The largest absolute Gasteiger partial charge is 0.274 e. The van der Waals surface area contributed by atoms with Gasteiger partial charge in [0.25, 0.3) is 0 Å². The fraction of sp³-hybridized carbons (Fsp3) is 0.111. The number of imide groups is 1. The monoisotopic (exact) mass is 384 g/mol. The van der Waals surface area contributed by atoms with E-state index in [1.165, 1.54) is 0 Å². The molecule has 0 spiro atoms. The molecule has 1 fully saturated rings. The van der Waals surface area contributed by atoms with E-state index in [0.29, 0.717) is 16.4 Å². The van der Waals surface area contributed by atoms with E-state index in [0.717, 1.165) is 16.7 Å². The highest BCUT2D eigenvalue weighted by molar-refractivity contribution is 8.15. The Morgan fingerprint density at radius 1 is 1.19 bits per heavy atom. The van der Waals surface area contributed by atoms with Crippen LogP contribution >= 0.6 is 23.4 Å². The zero-order valence-corrected chi connectivity index (χ0v) is 15.0. The first-order valence-electron chi connectivity index (χ1n) is 7.67. The second-order valence-corrected chi connectivity index (χ2v) is 6.92. The summed E-state index contributed by atoms with van der Waals surface area (Å²) < 4.78 is 0. The molecule has 130 valence electrons. The number of anilines is 1. The third kappa shape index (κ3) is 3.87. The molecule has 2 amide bonds. The number of nitrogens with zero attached hydrogens (tertiary/aromatic N) is 3. The minimum atomic E-state index is -0.679. The Labute approximate surface area is 159 Å². The molecule has 0 radical (unpaired) electrons. The fourth-order valence-electron chi connectivity index (χ4n) is 2.47. The summed E-state index contributed by atoms with van der Waals surface area (Å²) in [6, 6.07) is 15.7. The molecule has 26 heavy (non-hydrogen) atoms. The molecular formula is C18H13ClN4O2S. The van der Waals surface area contributed by atoms with E-state index in [1.807, 2.05) is 24.4 Å².